The van der Waals surface area contributed by atoms with Crippen LogP contribution in [0.15, 0.2) is 36.5 Å². The van der Waals surface area contributed by atoms with E-state index < -0.39 is 97.5 Å². The Hall–Kier alpha value is -2.72. The fourth-order valence-corrected chi connectivity index (χ4v) is 13.7. The molecule has 0 aliphatic heterocycles. The summed E-state index contributed by atoms with van der Waals surface area (Å²) in [6.07, 6.45) is 73.9. The molecule has 2 unspecified atom stereocenters. The number of aliphatic hydroxyl groups is 1. The van der Waals surface area contributed by atoms with Gasteiger partial charge in [-0.25, -0.2) is 9.13 Å². The Balaban J connectivity index is 5.32. The van der Waals surface area contributed by atoms with E-state index in [9.17, 15) is 43.2 Å². The molecule has 0 amide bonds. The van der Waals surface area contributed by atoms with E-state index in [1.54, 1.807) is 0 Å². The molecule has 0 aromatic rings. The lowest BCUT2D eigenvalue weighted by molar-refractivity contribution is -0.161. The summed E-state index contributed by atoms with van der Waals surface area (Å²) in [5.41, 5.74) is 0. The van der Waals surface area contributed by atoms with E-state index in [0.717, 1.165) is 128 Å². The van der Waals surface area contributed by atoms with Crippen molar-refractivity contribution in [1.29, 1.82) is 0 Å². The Labute approximate surface area is 624 Å². The molecule has 0 aromatic carbocycles. The quantitative estimate of drug-likeness (QED) is 0.0169. The third-order valence-corrected chi connectivity index (χ3v) is 20.5. The number of unbranched alkanes of at least 4 members (excludes halogenated alkanes) is 49. The maximum atomic E-state index is 13.1. The maximum Gasteiger partial charge on any atom is 0.472 e. The normalized spacial score (nSPS) is 14.0. The van der Waals surface area contributed by atoms with Crippen molar-refractivity contribution in [1.82, 2.24) is 0 Å². The molecule has 3 N–H and O–H groups in total. The zero-order chi connectivity index (χ0) is 74.6. The van der Waals surface area contributed by atoms with Crippen LogP contribution in [-0.2, 0) is 65.4 Å². The number of carbonyl (C=O) groups excluding carboxylic acids is 4. The van der Waals surface area contributed by atoms with Crippen molar-refractivity contribution in [3.8, 4) is 0 Å². The molecular formula is C83H156O17P2. The maximum absolute atomic E-state index is 13.1. The number of rotatable bonds is 81. The predicted octanol–water partition coefficient (Wildman–Crippen LogP) is 24.7. The molecule has 19 heteroatoms. The van der Waals surface area contributed by atoms with Crippen molar-refractivity contribution in [2.75, 3.05) is 39.6 Å². The van der Waals surface area contributed by atoms with Gasteiger partial charge in [0.1, 0.15) is 19.3 Å². The minimum Gasteiger partial charge on any atom is -0.462 e. The molecule has 17 nitrogen and oxygen atoms in total. The lowest BCUT2D eigenvalue weighted by atomic mass is 10.0. The number of allylic oxidation sites excluding steroid dienone is 6. The minimum atomic E-state index is -4.97. The molecule has 0 aromatic heterocycles. The van der Waals surface area contributed by atoms with Gasteiger partial charge < -0.3 is 33.8 Å². The summed E-state index contributed by atoms with van der Waals surface area (Å²) in [5, 5.41) is 10.7. The molecule has 5 atom stereocenters. The summed E-state index contributed by atoms with van der Waals surface area (Å²) in [6, 6.07) is 0. The Morgan fingerprint density at radius 3 is 0.755 bits per heavy atom. The summed E-state index contributed by atoms with van der Waals surface area (Å²) < 4.78 is 68.8. The topological polar surface area (TPSA) is 237 Å². The van der Waals surface area contributed by atoms with Crippen molar-refractivity contribution in [3.63, 3.8) is 0 Å². The van der Waals surface area contributed by atoms with Crippen LogP contribution in [0, 0.1) is 0 Å². The monoisotopic (exact) mass is 1490 g/mol. The Kier molecular flexibility index (Phi) is 74.4. The first kappa shape index (κ1) is 99.3. The lowest BCUT2D eigenvalue weighted by Gasteiger charge is -2.21. The van der Waals surface area contributed by atoms with Crippen molar-refractivity contribution in [2.24, 2.45) is 0 Å². The van der Waals surface area contributed by atoms with E-state index in [2.05, 4.69) is 64.2 Å². The van der Waals surface area contributed by atoms with Crippen LogP contribution in [-0.4, -0.2) is 96.7 Å². The molecular weight excluding hydrogens is 1330 g/mol. The lowest BCUT2D eigenvalue weighted by Crippen LogP contribution is -2.30. The first-order valence-corrected chi connectivity index (χ1v) is 45.2. The van der Waals surface area contributed by atoms with Gasteiger partial charge in [0.25, 0.3) is 0 Å². The van der Waals surface area contributed by atoms with Gasteiger partial charge in [0.15, 0.2) is 12.2 Å². The van der Waals surface area contributed by atoms with Gasteiger partial charge in [0, 0.05) is 25.7 Å². The van der Waals surface area contributed by atoms with E-state index in [0.29, 0.717) is 25.7 Å². The number of hydrogen-bond donors (Lipinski definition) is 3. The third kappa shape index (κ3) is 75.5. The van der Waals surface area contributed by atoms with E-state index in [1.807, 2.05) is 0 Å². The van der Waals surface area contributed by atoms with E-state index in [1.165, 1.54) is 205 Å². The van der Waals surface area contributed by atoms with Crippen LogP contribution < -0.4 is 0 Å². The van der Waals surface area contributed by atoms with Crippen LogP contribution >= 0.6 is 15.6 Å². The van der Waals surface area contributed by atoms with Crippen LogP contribution in [0.5, 0.6) is 0 Å². The highest BCUT2D eigenvalue weighted by atomic mass is 31.2. The molecule has 0 radical (unpaired) electrons. The molecule has 0 rings (SSSR count). The molecule has 0 saturated carbocycles. The van der Waals surface area contributed by atoms with E-state index >= 15 is 0 Å². The molecule has 0 saturated heterocycles. The zero-order valence-corrected chi connectivity index (χ0v) is 67.6. The second-order valence-corrected chi connectivity index (χ2v) is 31.7. The fraction of sp³-hybridized carbons (Fsp3) is 0.880. The second kappa shape index (κ2) is 76.5. The summed E-state index contributed by atoms with van der Waals surface area (Å²) in [6.45, 7) is 4.95. The highest BCUT2D eigenvalue weighted by Gasteiger charge is 2.30. The summed E-state index contributed by atoms with van der Waals surface area (Å²) in [7, 11) is -9.94. The number of hydrogen-bond acceptors (Lipinski definition) is 15. The minimum absolute atomic E-state index is 0.0883. The Morgan fingerprint density at radius 2 is 0.480 bits per heavy atom. The van der Waals surface area contributed by atoms with Gasteiger partial charge in [0.2, 0.25) is 0 Å². The van der Waals surface area contributed by atoms with Gasteiger partial charge in [-0.1, -0.05) is 340 Å². The highest BCUT2D eigenvalue weighted by Crippen LogP contribution is 2.45. The summed E-state index contributed by atoms with van der Waals surface area (Å²) in [5.74, 6) is -2.15. The standard InChI is InChI=1S/C83H156O17P2/c1-5-9-13-17-21-25-29-33-37-38-42-46-50-54-58-62-66-70-83(88)100-79(74-94-81(86)68-64-60-56-52-48-44-40-35-31-27-23-19-15-11-7-3)76-98-102(91,92)96-72-77(84)71-95-101(89,90)97-75-78(99-82(87)69-65-61-57-53-49-45-41-36-32-28-24-20-16-12-8-4)73-93-80(85)67-63-59-55-51-47-43-39-34-30-26-22-18-14-10-6-2/h22,26,34,36,39,41,77-79,84H,5-21,23-25,27-33,35,37-38,40,42-76H2,1-4H3,(H,89,90)(H,91,92)/b26-22-,39-34-,41-36-/t77-,78+,79+/m0/s1. The zero-order valence-electron chi connectivity index (χ0n) is 65.8. The molecule has 0 spiro atoms. The molecule has 0 aliphatic rings. The molecule has 0 bridgehead atoms. The predicted molar refractivity (Wildman–Crippen MR) is 418 cm³/mol. The van der Waals surface area contributed by atoms with Crippen LogP contribution in [0.25, 0.3) is 0 Å². The molecule has 102 heavy (non-hydrogen) atoms. The van der Waals surface area contributed by atoms with Gasteiger partial charge in [-0.05, 0) is 83.5 Å². The van der Waals surface area contributed by atoms with Crippen LogP contribution in [0.4, 0.5) is 0 Å². The third-order valence-electron chi connectivity index (χ3n) is 18.6. The van der Waals surface area contributed by atoms with Gasteiger partial charge >= 0.3 is 39.5 Å². The van der Waals surface area contributed by atoms with Crippen molar-refractivity contribution < 1.29 is 80.2 Å². The number of ether oxygens (including phenoxy) is 4. The number of phosphoric acid groups is 2. The number of carbonyl (C=O) groups is 4. The molecule has 0 fully saturated rings. The van der Waals surface area contributed by atoms with Crippen LogP contribution in [0.3, 0.4) is 0 Å². The van der Waals surface area contributed by atoms with Crippen molar-refractivity contribution in [3.05, 3.63) is 36.5 Å². The van der Waals surface area contributed by atoms with Gasteiger partial charge in [-0.3, -0.25) is 37.3 Å². The fourth-order valence-electron chi connectivity index (χ4n) is 12.1. The molecule has 0 heterocycles. The number of aliphatic hydroxyl groups excluding tert-OH is 1. The average Bonchev–Trinajstić information content (AvgIpc) is 0.922. The second-order valence-electron chi connectivity index (χ2n) is 28.8. The SMILES string of the molecule is CCCCC/C=C\C/C=C\CCCCCCCC(=O)OC[C@H](COP(=O)(O)OC[C@H](O)COP(=O)(O)OC[C@@H](COC(=O)CCCCCCCCCCCCCCCCC)OC(=O)CCCCCCCCCCCCCCCCCCC)OC(=O)CCCCCCC/C=C\CCCCCCCC. The summed E-state index contributed by atoms with van der Waals surface area (Å²) in [4.78, 5) is 73.1. The van der Waals surface area contributed by atoms with Crippen LogP contribution in [0.1, 0.15) is 413 Å². The smallest absolute Gasteiger partial charge is 0.462 e. The van der Waals surface area contributed by atoms with E-state index in [4.69, 9.17) is 37.0 Å². The van der Waals surface area contributed by atoms with Crippen LogP contribution in [0.2, 0.25) is 0 Å². The van der Waals surface area contributed by atoms with Gasteiger partial charge in [-0.15, -0.1) is 0 Å². The number of phosphoric ester groups is 2. The highest BCUT2D eigenvalue weighted by molar-refractivity contribution is 7.47. The van der Waals surface area contributed by atoms with Gasteiger partial charge in [0.05, 0.1) is 26.4 Å². The molecule has 600 valence electrons. The van der Waals surface area contributed by atoms with Crippen molar-refractivity contribution >= 4 is 39.5 Å². The summed E-state index contributed by atoms with van der Waals surface area (Å²) >= 11 is 0. The Bertz CT molecular complexity index is 2070. The average molecular weight is 1490 g/mol. The van der Waals surface area contributed by atoms with E-state index in [-0.39, 0.29) is 25.7 Å². The first-order chi connectivity index (χ1) is 49.7. The first-order valence-electron chi connectivity index (χ1n) is 42.2. The Morgan fingerprint density at radius 1 is 0.275 bits per heavy atom. The molecule has 0 aliphatic carbocycles. The van der Waals surface area contributed by atoms with Gasteiger partial charge in [-0.2, -0.15) is 0 Å². The van der Waals surface area contributed by atoms with Crippen molar-refractivity contribution in [2.45, 2.75) is 431 Å². The largest absolute Gasteiger partial charge is 0.472 e. The number of esters is 4.